The van der Waals surface area contributed by atoms with Gasteiger partial charge in [0.25, 0.3) is 5.56 Å². The molecular formula is C11H15ClN2O5. The van der Waals surface area contributed by atoms with Crippen molar-refractivity contribution >= 4 is 11.6 Å². The Morgan fingerprint density at radius 2 is 2.42 bits per heavy atom. The molecule has 0 aromatic carbocycles. The summed E-state index contributed by atoms with van der Waals surface area (Å²) in [7, 11) is 1.49. The largest absolute Gasteiger partial charge is 0.393 e. The fourth-order valence-electron chi connectivity index (χ4n) is 2.23. The Balaban J connectivity index is 2.34. The molecule has 3 atom stereocenters. The van der Waals surface area contributed by atoms with Crippen molar-refractivity contribution in [1.82, 2.24) is 9.55 Å². The van der Waals surface area contributed by atoms with Gasteiger partial charge in [-0.2, -0.15) is 0 Å². The molecule has 0 spiro atoms. The first kappa shape index (κ1) is 14.3. The number of aliphatic hydroxyl groups is 1. The molecule has 0 aliphatic carbocycles. The summed E-state index contributed by atoms with van der Waals surface area (Å²) in [5.41, 5.74) is -2.10. The average molecular weight is 291 g/mol. The van der Waals surface area contributed by atoms with Crippen LogP contribution in [0.4, 0.5) is 0 Å². The second-order valence-electron chi connectivity index (χ2n) is 4.41. The predicted octanol–water partition coefficient (Wildman–Crippen LogP) is -0.560. The van der Waals surface area contributed by atoms with Crippen LogP contribution in [0.1, 0.15) is 12.6 Å². The van der Waals surface area contributed by atoms with Crippen molar-refractivity contribution in [2.75, 3.05) is 19.6 Å². The molecule has 2 heterocycles. The maximum atomic E-state index is 11.7. The number of rotatable bonds is 4. The molecule has 2 N–H and O–H groups in total. The third kappa shape index (κ3) is 2.46. The Bertz CT molecular complexity index is 551. The zero-order valence-corrected chi connectivity index (χ0v) is 11.1. The lowest BCUT2D eigenvalue weighted by Gasteiger charge is -2.29. The van der Waals surface area contributed by atoms with E-state index in [-0.39, 0.29) is 12.5 Å². The van der Waals surface area contributed by atoms with Crippen LogP contribution in [0.5, 0.6) is 0 Å². The molecule has 0 amide bonds. The molecule has 106 valence electrons. The summed E-state index contributed by atoms with van der Waals surface area (Å²) >= 11 is 5.85. The first-order valence-corrected chi connectivity index (χ1v) is 6.28. The molecule has 1 aliphatic heterocycles. The predicted molar refractivity (Wildman–Crippen MR) is 67.4 cm³/mol. The van der Waals surface area contributed by atoms with E-state index in [0.29, 0.717) is 6.42 Å². The third-order valence-corrected chi connectivity index (χ3v) is 3.77. The van der Waals surface area contributed by atoms with Crippen molar-refractivity contribution in [1.29, 1.82) is 0 Å². The number of methoxy groups -OCH3 is 1. The first-order chi connectivity index (χ1) is 9.06. The molecule has 0 radical (unpaired) electrons. The first-order valence-electron chi connectivity index (χ1n) is 5.75. The van der Waals surface area contributed by atoms with Gasteiger partial charge in [-0.1, -0.05) is 0 Å². The fourth-order valence-corrected chi connectivity index (χ4v) is 2.55. The highest BCUT2D eigenvalue weighted by Crippen LogP contribution is 2.38. The SMILES string of the molecule is CO[C@H]1C[C@H](n2ccc(=O)[nH]c2=O)O[C@@]1(CO)CCl. The number of aromatic nitrogens is 2. The van der Waals surface area contributed by atoms with Gasteiger partial charge in [0.2, 0.25) is 0 Å². The normalized spacial score (nSPS) is 30.7. The minimum absolute atomic E-state index is 0.0383. The summed E-state index contributed by atoms with van der Waals surface area (Å²) in [6.07, 6.45) is 0.634. The third-order valence-electron chi connectivity index (χ3n) is 3.31. The Hall–Kier alpha value is -1.15. The number of aliphatic hydroxyl groups excluding tert-OH is 1. The van der Waals surface area contributed by atoms with Crippen molar-refractivity contribution in [3.8, 4) is 0 Å². The average Bonchev–Trinajstić information content (AvgIpc) is 2.78. The summed E-state index contributed by atoms with van der Waals surface area (Å²) in [5.74, 6) is 0.0383. The maximum Gasteiger partial charge on any atom is 0.330 e. The molecule has 1 fully saturated rings. The van der Waals surface area contributed by atoms with Gasteiger partial charge in [0.1, 0.15) is 11.8 Å². The highest BCUT2D eigenvalue weighted by Gasteiger charge is 2.49. The monoisotopic (exact) mass is 290 g/mol. The van der Waals surface area contributed by atoms with Crippen LogP contribution in [0.15, 0.2) is 21.9 Å². The molecule has 19 heavy (non-hydrogen) atoms. The summed E-state index contributed by atoms with van der Waals surface area (Å²) in [6, 6.07) is 1.23. The molecule has 1 aromatic heterocycles. The minimum atomic E-state index is -1.05. The molecule has 0 bridgehead atoms. The number of ether oxygens (including phenoxy) is 2. The molecule has 7 nitrogen and oxygen atoms in total. The van der Waals surface area contributed by atoms with Gasteiger partial charge in [-0.15, -0.1) is 11.6 Å². The van der Waals surface area contributed by atoms with E-state index in [1.54, 1.807) is 0 Å². The Morgan fingerprint density at radius 1 is 1.68 bits per heavy atom. The number of nitrogens with zero attached hydrogens (tertiary/aromatic N) is 1. The highest BCUT2D eigenvalue weighted by atomic mass is 35.5. The van der Waals surface area contributed by atoms with Crippen LogP contribution < -0.4 is 11.2 Å². The van der Waals surface area contributed by atoms with Crippen molar-refractivity contribution in [2.24, 2.45) is 0 Å². The highest BCUT2D eigenvalue weighted by molar-refractivity contribution is 6.18. The number of hydrogen-bond donors (Lipinski definition) is 2. The van der Waals surface area contributed by atoms with Crippen LogP contribution >= 0.6 is 11.6 Å². The van der Waals surface area contributed by atoms with E-state index in [4.69, 9.17) is 21.1 Å². The van der Waals surface area contributed by atoms with E-state index in [9.17, 15) is 14.7 Å². The summed E-state index contributed by atoms with van der Waals surface area (Å²) in [6.45, 7) is -0.316. The lowest BCUT2D eigenvalue weighted by molar-refractivity contribution is -0.121. The van der Waals surface area contributed by atoms with Crippen LogP contribution in [-0.2, 0) is 9.47 Å². The van der Waals surface area contributed by atoms with Gasteiger partial charge in [0.05, 0.1) is 18.6 Å². The number of halogens is 1. The van der Waals surface area contributed by atoms with E-state index in [1.807, 2.05) is 0 Å². The Morgan fingerprint density at radius 3 is 2.89 bits per heavy atom. The summed E-state index contributed by atoms with van der Waals surface area (Å²) in [5, 5.41) is 9.46. The molecule has 0 saturated carbocycles. The number of nitrogens with one attached hydrogen (secondary N) is 1. The second-order valence-corrected chi connectivity index (χ2v) is 4.67. The van der Waals surface area contributed by atoms with Gasteiger partial charge in [-0.25, -0.2) is 4.79 Å². The maximum absolute atomic E-state index is 11.7. The van der Waals surface area contributed by atoms with Crippen LogP contribution in [0.25, 0.3) is 0 Å². The fraction of sp³-hybridized carbons (Fsp3) is 0.636. The zero-order chi connectivity index (χ0) is 14.0. The van der Waals surface area contributed by atoms with Crippen LogP contribution in [0, 0.1) is 0 Å². The van der Waals surface area contributed by atoms with E-state index in [2.05, 4.69) is 4.98 Å². The number of hydrogen-bond acceptors (Lipinski definition) is 5. The summed E-state index contributed by atoms with van der Waals surface area (Å²) in [4.78, 5) is 24.9. The molecule has 1 aromatic rings. The zero-order valence-electron chi connectivity index (χ0n) is 10.3. The second kappa shape index (κ2) is 5.46. The van der Waals surface area contributed by atoms with Gasteiger partial charge >= 0.3 is 5.69 Å². The minimum Gasteiger partial charge on any atom is -0.393 e. The van der Waals surface area contributed by atoms with Crippen molar-refractivity contribution < 1.29 is 14.6 Å². The molecule has 1 saturated heterocycles. The summed E-state index contributed by atoms with van der Waals surface area (Å²) < 4.78 is 12.2. The van der Waals surface area contributed by atoms with Crippen LogP contribution in [-0.4, -0.2) is 46.0 Å². The Labute approximate surface area is 113 Å². The lowest BCUT2D eigenvalue weighted by atomic mass is 10.00. The van der Waals surface area contributed by atoms with Crippen LogP contribution in [0.3, 0.4) is 0 Å². The topological polar surface area (TPSA) is 93.6 Å². The van der Waals surface area contributed by atoms with Crippen molar-refractivity contribution in [2.45, 2.75) is 24.4 Å². The number of aromatic amines is 1. The smallest absolute Gasteiger partial charge is 0.330 e. The molecule has 8 heteroatoms. The molecule has 0 unspecified atom stereocenters. The van der Waals surface area contributed by atoms with Crippen molar-refractivity contribution in [3.05, 3.63) is 33.1 Å². The van der Waals surface area contributed by atoms with Crippen LogP contribution in [0.2, 0.25) is 0 Å². The quantitative estimate of drug-likeness (QED) is 0.725. The number of alkyl halides is 1. The van der Waals surface area contributed by atoms with Gasteiger partial charge in [-0.3, -0.25) is 14.3 Å². The lowest BCUT2D eigenvalue weighted by Crippen LogP contribution is -2.46. The Kier molecular flexibility index (Phi) is 4.10. The molecule has 1 aliphatic rings. The molecule has 2 rings (SSSR count). The van der Waals surface area contributed by atoms with E-state index in [1.165, 1.54) is 23.9 Å². The van der Waals surface area contributed by atoms with Gasteiger partial charge in [-0.05, 0) is 0 Å². The molecular weight excluding hydrogens is 276 g/mol. The van der Waals surface area contributed by atoms with Gasteiger partial charge in [0.15, 0.2) is 0 Å². The van der Waals surface area contributed by atoms with E-state index < -0.39 is 29.2 Å². The van der Waals surface area contributed by atoms with Gasteiger partial charge < -0.3 is 14.6 Å². The van der Waals surface area contributed by atoms with E-state index in [0.717, 1.165) is 0 Å². The number of H-pyrrole nitrogens is 1. The van der Waals surface area contributed by atoms with Gasteiger partial charge in [0, 0.05) is 25.8 Å². The standard InChI is InChI=1S/C11H15ClN2O5/c1-18-7-4-9(19-11(7,5-12)6-15)14-3-2-8(16)13-10(14)17/h2-3,7,9,15H,4-6H2,1H3,(H,13,16,17)/t7-,9+,11+/m0/s1. The van der Waals surface area contributed by atoms with Crippen molar-refractivity contribution in [3.63, 3.8) is 0 Å². The van der Waals surface area contributed by atoms with E-state index >= 15 is 0 Å².